The zero-order valence-corrected chi connectivity index (χ0v) is 14.7. The third kappa shape index (κ3) is 5.31. The first-order chi connectivity index (χ1) is 12.9. The van der Waals surface area contributed by atoms with Gasteiger partial charge in [-0.15, -0.1) is 0 Å². The lowest BCUT2D eigenvalue weighted by Gasteiger charge is -1.99. The first kappa shape index (κ1) is 22.7. The lowest BCUT2D eigenvalue weighted by atomic mass is 10.2. The number of nitro benzene ring substituents is 2. The maximum Gasteiger partial charge on any atom is 0.338 e. The Bertz CT molecular complexity index is 851. The summed E-state index contributed by atoms with van der Waals surface area (Å²) in [5.74, 6) is -4.74. The van der Waals surface area contributed by atoms with E-state index in [1.165, 1.54) is 0 Å². The summed E-state index contributed by atoms with van der Waals surface area (Å²) < 4.78 is 25.8. The van der Waals surface area contributed by atoms with Crippen LogP contribution in [0.4, 0.5) is 20.2 Å². The number of primary amides is 1. The minimum Gasteiger partial charge on any atom is -0.478 e. The van der Waals surface area contributed by atoms with Crippen molar-refractivity contribution in [2.24, 2.45) is 5.73 Å². The van der Waals surface area contributed by atoms with E-state index >= 15 is 0 Å². The molecule has 10 nitrogen and oxygen atoms in total. The van der Waals surface area contributed by atoms with Gasteiger partial charge in [0.15, 0.2) is 0 Å². The second-order valence-corrected chi connectivity index (χ2v) is 5.56. The number of hydrogen-bond acceptors (Lipinski definition) is 6. The predicted molar refractivity (Wildman–Crippen MR) is 91.6 cm³/mol. The molecule has 0 saturated carbocycles. The fourth-order valence-electron chi connectivity index (χ4n) is 1.71. The summed E-state index contributed by atoms with van der Waals surface area (Å²) in [5.41, 5.74) is 2.27. The van der Waals surface area contributed by atoms with Gasteiger partial charge in [-0.2, -0.15) is 0 Å². The Kier molecular flexibility index (Phi) is 7.29. The Hall–Kier alpha value is -3.38. The van der Waals surface area contributed by atoms with Gasteiger partial charge in [0.1, 0.15) is 27.2 Å². The van der Waals surface area contributed by atoms with Crippen molar-refractivity contribution in [3.05, 3.63) is 77.3 Å². The standard InChI is InChI=1S/C7H4ClFN2O3.C7H3ClFNO4/c8-4-2-5(9)3(7(10)12)1-6(4)11(13)14;8-4-2-5(9)3(7(11)12)1-6(4)10(13)14/h1-2H,(H2,10,12);1-2H,(H,11,12). The molecular formula is C14H7Cl2F2N3O7. The number of nitro groups is 2. The monoisotopic (exact) mass is 437 g/mol. The highest BCUT2D eigenvalue weighted by molar-refractivity contribution is 6.33. The van der Waals surface area contributed by atoms with Crippen LogP contribution in [0.1, 0.15) is 20.7 Å². The molecule has 0 bridgehead atoms. The molecule has 28 heavy (non-hydrogen) atoms. The van der Waals surface area contributed by atoms with Crippen LogP contribution in [0.2, 0.25) is 10.0 Å². The first-order valence-electron chi connectivity index (χ1n) is 6.66. The Morgan fingerprint density at radius 2 is 1.25 bits per heavy atom. The first-order valence-corrected chi connectivity index (χ1v) is 7.42. The summed E-state index contributed by atoms with van der Waals surface area (Å²) in [6.45, 7) is 0. The van der Waals surface area contributed by atoms with E-state index in [0.29, 0.717) is 24.3 Å². The van der Waals surface area contributed by atoms with Crippen LogP contribution in [0.15, 0.2) is 24.3 Å². The van der Waals surface area contributed by atoms with Gasteiger partial charge in [-0.3, -0.25) is 25.0 Å². The van der Waals surface area contributed by atoms with Crippen molar-refractivity contribution < 1.29 is 33.3 Å². The van der Waals surface area contributed by atoms with Crippen molar-refractivity contribution in [3.63, 3.8) is 0 Å². The number of carbonyl (C=O) groups excluding carboxylic acids is 1. The molecule has 0 radical (unpaired) electrons. The maximum absolute atomic E-state index is 12.9. The number of nitrogens with two attached hydrogens (primary N) is 1. The van der Waals surface area contributed by atoms with E-state index in [9.17, 15) is 38.6 Å². The van der Waals surface area contributed by atoms with Gasteiger partial charge in [0.25, 0.3) is 17.3 Å². The van der Waals surface area contributed by atoms with Gasteiger partial charge >= 0.3 is 5.97 Å². The second kappa shape index (κ2) is 9.01. The van der Waals surface area contributed by atoms with Crippen LogP contribution in [-0.4, -0.2) is 26.8 Å². The predicted octanol–water partition coefficient (Wildman–Crippen LogP) is 3.57. The molecule has 0 spiro atoms. The van der Waals surface area contributed by atoms with Crippen molar-refractivity contribution >= 4 is 46.5 Å². The molecule has 14 heteroatoms. The van der Waals surface area contributed by atoms with Gasteiger partial charge < -0.3 is 10.8 Å². The van der Waals surface area contributed by atoms with Crippen molar-refractivity contribution in [2.75, 3.05) is 0 Å². The number of hydrogen-bond donors (Lipinski definition) is 2. The van der Waals surface area contributed by atoms with Crippen molar-refractivity contribution in [2.45, 2.75) is 0 Å². The SMILES string of the molecule is NC(=O)c1cc([N+](=O)[O-])c(Cl)cc1F.O=C(O)c1cc([N+](=O)[O-])c(Cl)cc1F. The summed E-state index contributed by atoms with van der Waals surface area (Å²) in [5, 5.41) is 28.3. The molecule has 0 unspecified atom stereocenters. The highest BCUT2D eigenvalue weighted by Gasteiger charge is 2.21. The molecule has 2 aromatic carbocycles. The number of nitrogens with zero attached hydrogens (tertiary/aromatic N) is 2. The average molecular weight is 438 g/mol. The zero-order chi connectivity index (χ0) is 21.8. The zero-order valence-electron chi connectivity index (χ0n) is 13.2. The number of rotatable bonds is 4. The molecule has 0 saturated heterocycles. The Morgan fingerprint density at radius 1 is 0.893 bits per heavy atom. The van der Waals surface area contributed by atoms with Crippen LogP contribution >= 0.6 is 23.2 Å². The largest absolute Gasteiger partial charge is 0.478 e. The van der Waals surface area contributed by atoms with E-state index in [1.807, 2.05) is 0 Å². The molecular weight excluding hydrogens is 431 g/mol. The summed E-state index contributed by atoms with van der Waals surface area (Å²) in [4.78, 5) is 40.0. The molecule has 0 aliphatic carbocycles. The minimum atomic E-state index is -1.58. The van der Waals surface area contributed by atoms with Crippen LogP contribution in [0.3, 0.4) is 0 Å². The Labute approximate surface area is 163 Å². The lowest BCUT2D eigenvalue weighted by molar-refractivity contribution is -0.384. The molecule has 0 aliphatic heterocycles. The third-order valence-corrected chi connectivity index (χ3v) is 3.57. The van der Waals surface area contributed by atoms with Crippen LogP contribution in [0.25, 0.3) is 0 Å². The van der Waals surface area contributed by atoms with Gasteiger partial charge in [0.05, 0.1) is 15.4 Å². The van der Waals surface area contributed by atoms with Crippen LogP contribution < -0.4 is 5.73 Å². The van der Waals surface area contributed by atoms with E-state index in [1.54, 1.807) is 0 Å². The maximum atomic E-state index is 12.9. The number of halogens is 4. The van der Waals surface area contributed by atoms with Crippen LogP contribution in [0.5, 0.6) is 0 Å². The number of aromatic carboxylic acids is 1. The fraction of sp³-hybridized carbons (Fsp3) is 0. The van der Waals surface area contributed by atoms with Gasteiger partial charge in [0.2, 0.25) is 0 Å². The summed E-state index contributed by atoms with van der Waals surface area (Å²) in [6.07, 6.45) is 0. The minimum absolute atomic E-state index is 0.377. The summed E-state index contributed by atoms with van der Waals surface area (Å²) in [6, 6.07) is 2.57. The Morgan fingerprint density at radius 3 is 1.57 bits per heavy atom. The van der Waals surface area contributed by atoms with Crippen LogP contribution in [-0.2, 0) is 0 Å². The molecule has 1 amide bonds. The lowest BCUT2D eigenvalue weighted by Crippen LogP contribution is -2.13. The van der Waals surface area contributed by atoms with Crippen molar-refractivity contribution in [1.82, 2.24) is 0 Å². The number of carbonyl (C=O) groups is 2. The van der Waals surface area contributed by atoms with Crippen molar-refractivity contribution in [1.29, 1.82) is 0 Å². The highest BCUT2D eigenvalue weighted by Crippen LogP contribution is 2.28. The quantitative estimate of drug-likeness (QED) is 0.544. The highest BCUT2D eigenvalue weighted by atomic mass is 35.5. The molecule has 3 N–H and O–H groups in total. The van der Waals surface area contributed by atoms with Gasteiger partial charge in [-0.25, -0.2) is 13.6 Å². The number of amides is 1. The van der Waals surface area contributed by atoms with E-state index in [2.05, 4.69) is 0 Å². The molecule has 0 aliphatic rings. The number of carboxylic acids is 1. The molecule has 2 aromatic rings. The van der Waals surface area contributed by atoms with Crippen molar-refractivity contribution in [3.8, 4) is 0 Å². The van der Waals surface area contributed by atoms with E-state index < -0.39 is 60.9 Å². The molecule has 0 fully saturated rings. The molecule has 148 valence electrons. The normalized spacial score (nSPS) is 9.86. The number of benzene rings is 2. The fourth-order valence-corrected chi connectivity index (χ4v) is 2.15. The average Bonchev–Trinajstić information content (AvgIpc) is 2.53. The van der Waals surface area contributed by atoms with Gasteiger partial charge in [-0.1, -0.05) is 23.2 Å². The Balaban J connectivity index is 0.000000280. The van der Waals surface area contributed by atoms with E-state index in [0.717, 1.165) is 0 Å². The summed E-state index contributed by atoms with van der Waals surface area (Å²) in [7, 11) is 0. The smallest absolute Gasteiger partial charge is 0.338 e. The van der Waals surface area contributed by atoms with Gasteiger partial charge in [-0.05, 0) is 0 Å². The molecule has 0 aromatic heterocycles. The molecule has 0 heterocycles. The van der Waals surface area contributed by atoms with E-state index in [-0.39, 0.29) is 5.02 Å². The second-order valence-electron chi connectivity index (χ2n) is 4.75. The number of carboxylic acid groups (broad SMARTS) is 1. The van der Waals surface area contributed by atoms with E-state index in [4.69, 9.17) is 34.0 Å². The molecule has 2 rings (SSSR count). The van der Waals surface area contributed by atoms with Crippen LogP contribution in [0, 0.1) is 31.9 Å². The third-order valence-electron chi connectivity index (χ3n) is 2.96. The summed E-state index contributed by atoms with van der Waals surface area (Å²) >= 11 is 10.7. The van der Waals surface area contributed by atoms with Gasteiger partial charge in [0, 0.05) is 24.3 Å². The topological polar surface area (TPSA) is 167 Å². The molecule has 0 atom stereocenters.